The Kier molecular flexibility index (Phi) is 4.08. The number of aliphatic imine (C=N–C) groups is 1. The van der Waals surface area contributed by atoms with Crippen molar-refractivity contribution in [3.05, 3.63) is 23.2 Å². The molecule has 2 aliphatic rings. The van der Waals surface area contributed by atoms with E-state index in [1.807, 2.05) is 25.6 Å². The fourth-order valence-electron chi connectivity index (χ4n) is 3.79. The Hall–Kier alpha value is -0.900. The van der Waals surface area contributed by atoms with Gasteiger partial charge in [0.25, 0.3) is 0 Å². The molecule has 1 N–H and O–H groups in total. The van der Waals surface area contributed by atoms with Crippen LogP contribution in [0.5, 0.6) is 0 Å². The molecule has 2 fully saturated rings. The second-order valence-electron chi connectivity index (χ2n) is 6.87. The Morgan fingerprint density at radius 3 is 2.95 bits per heavy atom. The molecule has 1 aromatic heterocycles. The van der Waals surface area contributed by atoms with Crippen molar-refractivity contribution in [2.45, 2.75) is 65.0 Å². The van der Waals surface area contributed by atoms with Crippen LogP contribution in [0, 0.1) is 19.8 Å². The minimum absolute atomic E-state index is 0.161. The predicted molar refractivity (Wildman–Crippen MR) is 90.0 cm³/mol. The SMILES string of the molecule is Cc1cc(C(C)N=C2NC3(CCCC(C)C3)CS2)c(C)o1. The van der Waals surface area contributed by atoms with Crippen LogP contribution >= 0.6 is 11.8 Å². The number of amidine groups is 1. The quantitative estimate of drug-likeness (QED) is 0.867. The molecule has 1 saturated heterocycles. The second-order valence-corrected chi connectivity index (χ2v) is 7.84. The van der Waals surface area contributed by atoms with Crippen LogP contribution < -0.4 is 5.32 Å². The van der Waals surface area contributed by atoms with E-state index in [4.69, 9.17) is 9.41 Å². The van der Waals surface area contributed by atoms with Crippen LogP contribution in [-0.4, -0.2) is 16.5 Å². The minimum Gasteiger partial charge on any atom is -0.466 e. The van der Waals surface area contributed by atoms with Crippen LogP contribution in [0.15, 0.2) is 15.5 Å². The van der Waals surface area contributed by atoms with Crippen molar-refractivity contribution in [1.29, 1.82) is 0 Å². The normalized spacial score (nSPS) is 32.6. The van der Waals surface area contributed by atoms with Gasteiger partial charge in [0.15, 0.2) is 5.17 Å². The van der Waals surface area contributed by atoms with E-state index >= 15 is 0 Å². The first kappa shape index (κ1) is 15.0. The van der Waals surface area contributed by atoms with Crippen molar-refractivity contribution in [3.8, 4) is 0 Å². The average Bonchev–Trinajstić information content (AvgIpc) is 2.93. The fourth-order valence-corrected chi connectivity index (χ4v) is 5.06. The van der Waals surface area contributed by atoms with Gasteiger partial charge in [-0.05, 0) is 45.6 Å². The van der Waals surface area contributed by atoms with Crippen LogP contribution in [0.2, 0.25) is 0 Å². The summed E-state index contributed by atoms with van der Waals surface area (Å²) in [5, 5.41) is 4.87. The van der Waals surface area contributed by atoms with Crippen molar-refractivity contribution >= 4 is 16.9 Å². The summed E-state index contributed by atoms with van der Waals surface area (Å²) < 4.78 is 5.63. The summed E-state index contributed by atoms with van der Waals surface area (Å²) >= 11 is 1.89. The van der Waals surface area contributed by atoms with Crippen LogP contribution in [0.1, 0.15) is 62.7 Å². The van der Waals surface area contributed by atoms with E-state index in [1.54, 1.807) is 0 Å². The topological polar surface area (TPSA) is 37.5 Å². The Morgan fingerprint density at radius 2 is 2.29 bits per heavy atom. The maximum absolute atomic E-state index is 5.63. The maximum Gasteiger partial charge on any atom is 0.157 e. The minimum atomic E-state index is 0.161. The van der Waals surface area contributed by atoms with E-state index in [9.17, 15) is 0 Å². The molecule has 3 atom stereocenters. The lowest BCUT2D eigenvalue weighted by Crippen LogP contribution is -2.47. The highest BCUT2D eigenvalue weighted by Gasteiger charge is 2.40. The lowest BCUT2D eigenvalue weighted by atomic mass is 9.78. The first-order chi connectivity index (χ1) is 9.97. The average molecular weight is 306 g/mol. The van der Waals surface area contributed by atoms with Gasteiger partial charge in [-0.15, -0.1) is 0 Å². The fraction of sp³-hybridized carbons (Fsp3) is 0.706. The molecule has 1 aliphatic carbocycles. The van der Waals surface area contributed by atoms with Gasteiger partial charge in [-0.1, -0.05) is 31.5 Å². The molecule has 1 spiro atoms. The Morgan fingerprint density at radius 1 is 1.48 bits per heavy atom. The summed E-state index contributed by atoms with van der Waals surface area (Å²) in [7, 11) is 0. The lowest BCUT2D eigenvalue weighted by molar-refractivity contribution is 0.242. The molecule has 1 aliphatic heterocycles. The number of aryl methyl sites for hydroxylation is 2. The van der Waals surface area contributed by atoms with Gasteiger partial charge in [0.05, 0.1) is 6.04 Å². The number of nitrogens with one attached hydrogen (secondary N) is 1. The zero-order chi connectivity index (χ0) is 15.0. The van der Waals surface area contributed by atoms with Gasteiger partial charge < -0.3 is 9.73 Å². The van der Waals surface area contributed by atoms with E-state index in [1.165, 1.54) is 37.0 Å². The summed E-state index contributed by atoms with van der Waals surface area (Å²) in [5.41, 5.74) is 1.52. The number of rotatable bonds is 2. The van der Waals surface area contributed by atoms with E-state index < -0.39 is 0 Å². The van der Waals surface area contributed by atoms with Gasteiger partial charge in [0, 0.05) is 16.9 Å². The third-order valence-corrected chi connectivity index (χ3v) is 5.97. The molecule has 3 rings (SSSR count). The summed E-state index contributed by atoms with van der Waals surface area (Å²) in [6, 6.07) is 2.27. The molecule has 3 unspecified atom stereocenters. The van der Waals surface area contributed by atoms with Crippen LogP contribution in [-0.2, 0) is 0 Å². The molecule has 0 aromatic carbocycles. The number of hydrogen-bond donors (Lipinski definition) is 1. The molecule has 0 radical (unpaired) electrons. The van der Waals surface area contributed by atoms with Crippen molar-refractivity contribution in [2.24, 2.45) is 10.9 Å². The van der Waals surface area contributed by atoms with Gasteiger partial charge in [-0.3, -0.25) is 4.99 Å². The van der Waals surface area contributed by atoms with E-state index in [2.05, 4.69) is 25.2 Å². The van der Waals surface area contributed by atoms with Crippen LogP contribution in [0.4, 0.5) is 0 Å². The van der Waals surface area contributed by atoms with Gasteiger partial charge in [0.2, 0.25) is 0 Å². The van der Waals surface area contributed by atoms with E-state index in [0.717, 1.165) is 22.6 Å². The van der Waals surface area contributed by atoms with Crippen molar-refractivity contribution in [2.75, 3.05) is 5.75 Å². The Balaban J connectivity index is 1.72. The molecule has 1 aromatic rings. The molecule has 116 valence electrons. The van der Waals surface area contributed by atoms with Gasteiger partial charge >= 0.3 is 0 Å². The maximum atomic E-state index is 5.63. The third kappa shape index (κ3) is 3.15. The standard InChI is InChI=1S/C17H26N2OS/c1-11-6-5-7-17(9-11)10-21-16(19-17)18-13(3)15-8-12(2)20-14(15)4/h8,11,13H,5-7,9-10H2,1-4H3,(H,18,19). The second kappa shape index (κ2) is 5.71. The molecule has 2 heterocycles. The largest absolute Gasteiger partial charge is 0.466 e. The zero-order valence-corrected chi connectivity index (χ0v) is 14.3. The summed E-state index contributed by atoms with van der Waals surface area (Å²) in [4.78, 5) is 4.90. The number of nitrogens with zero attached hydrogens (tertiary/aromatic N) is 1. The van der Waals surface area contributed by atoms with Crippen molar-refractivity contribution < 1.29 is 4.42 Å². The molecular formula is C17H26N2OS. The molecule has 0 amide bonds. The predicted octanol–water partition coefficient (Wildman–Crippen LogP) is 4.60. The van der Waals surface area contributed by atoms with Gasteiger partial charge in [-0.2, -0.15) is 0 Å². The highest BCUT2D eigenvalue weighted by Crippen LogP contribution is 2.39. The van der Waals surface area contributed by atoms with Crippen LogP contribution in [0.3, 0.4) is 0 Å². The Bertz CT molecular complexity index is 551. The van der Waals surface area contributed by atoms with Gasteiger partial charge in [-0.25, -0.2) is 0 Å². The summed E-state index contributed by atoms with van der Waals surface area (Å²) in [6.07, 6.45) is 5.31. The van der Waals surface area contributed by atoms with E-state index in [-0.39, 0.29) is 6.04 Å². The number of hydrogen-bond acceptors (Lipinski definition) is 3. The van der Waals surface area contributed by atoms with Crippen molar-refractivity contribution in [3.63, 3.8) is 0 Å². The van der Waals surface area contributed by atoms with Crippen LogP contribution in [0.25, 0.3) is 0 Å². The van der Waals surface area contributed by atoms with E-state index in [0.29, 0.717) is 5.54 Å². The molecule has 4 heteroatoms. The number of thioether (sulfide) groups is 1. The Labute approximate surface area is 132 Å². The van der Waals surface area contributed by atoms with Gasteiger partial charge in [0.1, 0.15) is 11.5 Å². The summed E-state index contributed by atoms with van der Waals surface area (Å²) in [6.45, 7) is 8.56. The smallest absolute Gasteiger partial charge is 0.157 e. The lowest BCUT2D eigenvalue weighted by Gasteiger charge is -2.36. The highest BCUT2D eigenvalue weighted by molar-refractivity contribution is 8.14. The first-order valence-electron chi connectivity index (χ1n) is 8.03. The number of furan rings is 1. The summed E-state index contributed by atoms with van der Waals surface area (Å²) in [5.74, 6) is 3.97. The zero-order valence-electron chi connectivity index (χ0n) is 13.5. The third-order valence-electron chi connectivity index (χ3n) is 4.79. The molecule has 1 saturated carbocycles. The monoisotopic (exact) mass is 306 g/mol. The molecule has 21 heavy (non-hydrogen) atoms. The molecule has 0 bridgehead atoms. The first-order valence-corrected chi connectivity index (χ1v) is 9.02. The highest BCUT2D eigenvalue weighted by atomic mass is 32.2. The molecular weight excluding hydrogens is 280 g/mol. The van der Waals surface area contributed by atoms with Crippen molar-refractivity contribution in [1.82, 2.24) is 5.32 Å². The molecule has 3 nitrogen and oxygen atoms in total.